The summed E-state index contributed by atoms with van der Waals surface area (Å²) in [5.41, 5.74) is -0.718. The topological polar surface area (TPSA) is 138 Å². The molecule has 3 aliphatic rings. The van der Waals surface area contributed by atoms with Crippen LogP contribution in [0.2, 0.25) is 0 Å². The number of nitrogens with one attached hydrogen (secondary N) is 2. The van der Waals surface area contributed by atoms with Crippen LogP contribution < -0.4 is 10.0 Å². The van der Waals surface area contributed by atoms with Gasteiger partial charge in [-0.15, -0.1) is 0 Å². The van der Waals surface area contributed by atoms with Crippen molar-refractivity contribution in [1.29, 1.82) is 0 Å². The number of imide groups is 1. The maximum absolute atomic E-state index is 13.3. The number of sulfonamides is 1. The van der Waals surface area contributed by atoms with Gasteiger partial charge in [-0.3, -0.25) is 5.32 Å². The number of nitrogens with zero attached hydrogens (tertiary/aromatic N) is 3. The second-order valence-corrected chi connectivity index (χ2v) is 12.8. The van der Waals surface area contributed by atoms with Crippen molar-refractivity contribution in [2.75, 3.05) is 12.4 Å². The van der Waals surface area contributed by atoms with Gasteiger partial charge >= 0.3 is 18.0 Å². The molecule has 4 rings (SSSR count). The highest BCUT2D eigenvalue weighted by atomic mass is 32.2. The smallest absolute Gasteiger partial charge is 0.444 e. The largest absolute Gasteiger partial charge is 0.501 e. The van der Waals surface area contributed by atoms with Gasteiger partial charge < -0.3 is 4.74 Å². The number of rotatable bonds is 6. The number of anilines is 1. The molecule has 13 heteroatoms. The fourth-order valence-electron chi connectivity index (χ4n) is 3.63. The van der Waals surface area contributed by atoms with Crippen LogP contribution in [0.25, 0.3) is 0 Å². The lowest BCUT2D eigenvalue weighted by molar-refractivity contribution is -0.406. The number of urea groups is 1. The Morgan fingerprint density at radius 3 is 2.63 bits per heavy atom. The van der Waals surface area contributed by atoms with Gasteiger partial charge in [0.25, 0.3) is 0 Å². The maximum atomic E-state index is 13.3. The van der Waals surface area contributed by atoms with Gasteiger partial charge in [0.2, 0.25) is 10.0 Å². The third kappa shape index (κ3) is 5.52. The number of carbonyl (C=O) groups excluding carboxylic acids is 3. The number of carbonyl (C=O) groups is 3. The Bertz CT molecular complexity index is 1300. The highest BCUT2D eigenvalue weighted by molar-refractivity contribution is 7.93. The Balaban J connectivity index is 1.52. The van der Waals surface area contributed by atoms with Crippen LogP contribution in [0.15, 0.2) is 29.3 Å². The Labute approximate surface area is 207 Å². The van der Waals surface area contributed by atoms with E-state index in [0.29, 0.717) is 10.6 Å². The molecule has 2 aliphatic carbocycles. The number of amides is 4. The molecule has 188 valence electrons. The molecule has 1 aliphatic heterocycles. The predicted octanol–water partition coefficient (Wildman–Crippen LogP) is 2.58. The fourth-order valence-corrected chi connectivity index (χ4v) is 5.95. The number of aromatic nitrogens is 1. The molecule has 1 aromatic heterocycles. The summed E-state index contributed by atoms with van der Waals surface area (Å²) in [5, 5.41) is 2.79. The SMILES string of the molecule is C[N+]1=C2C=CC(S(=O)(=O)NC3(C)CC3)=CC2C(=O)N(Cc2cnc(NC(=O)OC(C)(C)C)s2)C1=O. The molecule has 0 radical (unpaired) electrons. The summed E-state index contributed by atoms with van der Waals surface area (Å²) >= 11 is 1.10. The van der Waals surface area contributed by atoms with E-state index in [1.54, 1.807) is 20.8 Å². The molecule has 35 heavy (non-hydrogen) atoms. The van der Waals surface area contributed by atoms with Crippen LogP contribution in [-0.4, -0.2) is 64.8 Å². The molecule has 0 saturated heterocycles. The van der Waals surface area contributed by atoms with Crippen LogP contribution in [-0.2, 0) is 26.1 Å². The predicted molar refractivity (Wildman–Crippen MR) is 130 cm³/mol. The highest BCUT2D eigenvalue weighted by Crippen LogP contribution is 2.36. The van der Waals surface area contributed by atoms with E-state index in [0.717, 1.165) is 29.1 Å². The van der Waals surface area contributed by atoms with Gasteiger partial charge in [-0.1, -0.05) is 11.3 Å². The molecule has 0 bridgehead atoms. The molecule has 0 aromatic carbocycles. The van der Waals surface area contributed by atoms with E-state index in [1.807, 2.05) is 6.92 Å². The minimum atomic E-state index is -3.80. The lowest BCUT2D eigenvalue weighted by Gasteiger charge is -2.26. The first kappa shape index (κ1) is 25.2. The van der Waals surface area contributed by atoms with Crippen molar-refractivity contribution in [3.8, 4) is 0 Å². The van der Waals surface area contributed by atoms with E-state index < -0.39 is 45.1 Å². The van der Waals surface area contributed by atoms with Crippen LogP contribution in [0, 0.1) is 5.92 Å². The fraction of sp³-hybridized carbons (Fsp3) is 0.500. The van der Waals surface area contributed by atoms with Crippen molar-refractivity contribution in [3.05, 3.63) is 34.2 Å². The molecular weight excluding hydrogens is 494 g/mol. The van der Waals surface area contributed by atoms with Crippen molar-refractivity contribution < 1.29 is 32.1 Å². The lowest BCUT2D eigenvalue weighted by Crippen LogP contribution is -2.53. The summed E-state index contributed by atoms with van der Waals surface area (Å²) in [6.45, 7) is 6.97. The van der Waals surface area contributed by atoms with Crippen molar-refractivity contribution in [3.63, 3.8) is 0 Å². The summed E-state index contributed by atoms with van der Waals surface area (Å²) < 4.78 is 34.9. The molecule has 2 N–H and O–H groups in total. The minimum absolute atomic E-state index is 0.00272. The van der Waals surface area contributed by atoms with Crippen molar-refractivity contribution in [1.82, 2.24) is 14.6 Å². The Morgan fingerprint density at radius 1 is 1.31 bits per heavy atom. The first-order valence-electron chi connectivity index (χ1n) is 11.0. The molecule has 1 fully saturated rings. The third-order valence-corrected chi connectivity index (χ3v) is 8.22. The van der Waals surface area contributed by atoms with Gasteiger partial charge in [0.1, 0.15) is 23.8 Å². The van der Waals surface area contributed by atoms with Gasteiger partial charge in [-0.25, -0.2) is 27.7 Å². The zero-order valence-electron chi connectivity index (χ0n) is 20.1. The summed E-state index contributed by atoms with van der Waals surface area (Å²) in [6, 6.07) is -0.538. The summed E-state index contributed by atoms with van der Waals surface area (Å²) in [6.07, 6.45) is 6.60. The van der Waals surface area contributed by atoms with Crippen LogP contribution >= 0.6 is 11.3 Å². The average molecular weight is 523 g/mol. The molecule has 0 spiro atoms. The van der Waals surface area contributed by atoms with E-state index in [9.17, 15) is 22.8 Å². The zero-order chi connectivity index (χ0) is 25.8. The molecule has 1 saturated carbocycles. The number of hydrogen-bond acceptors (Lipinski definition) is 8. The number of fused-ring (bicyclic) bond motifs is 1. The van der Waals surface area contributed by atoms with Crippen molar-refractivity contribution in [2.24, 2.45) is 5.92 Å². The second-order valence-electron chi connectivity index (χ2n) is 10.00. The minimum Gasteiger partial charge on any atom is -0.444 e. The van der Waals surface area contributed by atoms with E-state index >= 15 is 0 Å². The quantitative estimate of drug-likeness (QED) is 0.548. The van der Waals surface area contributed by atoms with Crippen LogP contribution in [0.3, 0.4) is 0 Å². The van der Waals surface area contributed by atoms with Crippen molar-refractivity contribution >= 4 is 50.2 Å². The number of ether oxygens (including phenoxy) is 1. The molecule has 2 heterocycles. The third-order valence-electron chi connectivity index (χ3n) is 5.67. The summed E-state index contributed by atoms with van der Waals surface area (Å²) in [5.74, 6) is -1.46. The number of thiazole rings is 1. The van der Waals surface area contributed by atoms with Crippen molar-refractivity contribution in [2.45, 2.75) is 58.2 Å². The monoisotopic (exact) mass is 522 g/mol. The average Bonchev–Trinajstić information content (AvgIpc) is 3.29. The molecule has 11 nitrogen and oxygen atoms in total. The van der Waals surface area contributed by atoms with E-state index in [2.05, 4.69) is 15.0 Å². The normalized spacial score (nSPS) is 21.6. The summed E-state index contributed by atoms with van der Waals surface area (Å²) in [4.78, 5) is 43.9. The lowest BCUT2D eigenvalue weighted by atomic mass is 9.94. The molecule has 4 amide bonds. The molecule has 1 unspecified atom stereocenters. The van der Waals surface area contributed by atoms with Gasteiger partial charge in [-0.05, 0) is 58.8 Å². The zero-order valence-corrected chi connectivity index (χ0v) is 21.7. The van der Waals surface area contributed by atoms with Crippen LogP contribution in [0.1, 0.15) is 45.4 Å². The van der Waals surface area contributed by atoms with Gasteiger partial charge in [0, 0.05) is 11.7 Å². The first-order chi connectivity index (χ1) is 16.2. The summed E-state index contributed by atoms with van der Waals surface area (Å²) in [7, 11) is -2.27. The Hall–Kier alpha value is -2.90. The van der Waals surface area contributed by atoms with Crippen LogP contribution in [0.4, 0.5) is 14.7 Å². The molecule has 1 aromatic rings. The Morgan fingerprint density at radius 2 is 2.00 bits per heavy atom. The van der Waals surface area contributed by atoms with Crippen LogP contribution in [0.5, 0.6) is 0 Å². The highest BCUT2D eigenvalue weighted by Gasteiger charge is 2.48. The maximum Gasteiger partial charge on any atom is 0.501 e. The molecular formula is C22H28N5O6S2+. The Kier molecular flexibility index (Phi) is 6.22. The molecule has 1 atom stereocenters. The van der Waals surface area contributed by atoms with E-state index in [1.165, 1.54) is 36.0 Å². The van der Waals surface area contributed by atoms with Gasteiger partial charge in [0.15, 0.2) is 5.13 Å². The van der Waals surface area contributed by atoms with E-state index in [-0.39, 0.29) is 16.6 Å². The van der Waals surface area contributed by atoms with Gasteiger partial charge in [0.05, 0.1) is 16.8 Å². The number of hydrogen-bond donors (Lipinski definition) is 2. The first-order valence-corrected chi connectivity index (χ1v) is 13.3. The van der Waals surface area contributed by atoms with Gasteiger partial charge in [-0.2, -0.15) is 14.3 Å². The van der Waals surface area contributed by atoms with E-state index in [4.69, 9.17) is 4.74 Å². The number of allylic oxidation sites excluding steroid dienone is 2. The second kappa shape index (κ2) is 8.64. The standard InChI is InChI=1S/C22H27N5O6S2/c1-21(2,3)33-19(29)24-18-23-11-13(34-18)12-27-17(28)15-10-14(6-7-16(15)26(5)20(27)30)35(31,32)25-22(4)8-9-22/h6-7,10-11,15,25H,8-9,12H2,1-5H3/p+1.